The molecule has 0 radical (unpaired) electrons. The van der Waals surface area contributed by atoms with Crippen molar-refractivity contribution >= 4 is 29.6 Å². The SMILES string of the molecule is C=CCOC(=O)N[C@@H]1C(=O)N2C(C(=O)OCC=C)=C(C=C3CCN(c4ccccc4OC)C3=O)OC[C@H]12. The third-order valence-corrected chi connectivity index (χ3v) is 6.04. The minimum Gasteiger partial charge on any atom is -0.495 e. The van der Waals surface area contributed by atoms with Crippen LogP contribution in [-0.4, -0.2) is 74.3 Å². The molecule has 0 unspecified atom stereocenters. The van der Waals surface area contributed by atoms with Gasteiger partial charge in [-0.3, -0.25) is 14.5 Å². The van der Waals surface area contributed by atoms with Gasteiger partial charge in [0.2, 0.25) is 0 Å². The molecule has 2 atom stereocenters. The van der Waals surface area contributed by atoms with Gasteiger partial charge in [0.25, 0.3) is 11.8 Å². The number of nitrogens with one attached hydrogen (secondary N) is 1. The molecule has 0 aliphatic carbocycles. The molecule has 11 heteroatoms. The molecule has 3 aliphatic heterocycles. The fraction of sp³-hybridized carbons (Fsp3) is 0.308. The van der Waals surface area contributed by atoms with Gasteiger partial charge in [-0.2, -0.15) is 0 Å². The average molecular weight is 510 g/mol. The molecule has 3 aliphatic rings. The van der Waals surface area contributed by atoms with E-state index in [1.54, 1.807) is 23.1 Å². The molecule has 37 heavy (non-hydrogen) atoms. The zero-order valence-corrected chi connectivity index (χ0v) is 20.3. The second-order valence-corrected chi connectivity index (χ2v) is 8.24. The van der Waals surface area contributed by atoms with Crippen molar-refractivity contribution in [2.24, 2.45) is 0 Å². The number of ether oxygens (including phenoxy) is 4. The number of para-hydroxylation sites is 2. The number of methoxy groups -OCH3 is 1. The van der Waals surface area contributed by atoms with Crippen LogP contribution in [0.4, 0.5) is 10.5 Å². The number of fused-ring (bicyclic) bond motifs is 1. The zero-order chi connectivity index (χ0) is 26.5. The molecule has 1 aromatic carbocycles. The van der Waals surface area contributed by atoms with Gasteiger partial charge in [-0.05, 0) is 24.6 Å². The van der Waals surface area contributed by atoms with Crippen molar-refractivity contribution in [1.82, 2.24) is 10.2 Å². The lowest BCUT2D eigenvalue weighted by Crippen LogP contribution is -2.73. The number of alkyl carbamates (subject to hydrolysis) is 1. The molecular formula is C26H27N3O8. The normalized spacial score (nSPS) is 21.6. The number of allylic oxidation sites excluding steroid dienone is 1. The van der Waals surface area contributed by atoms with E-state index >= 15 is 0 Å². The average Bonchev–Trinajstić information content (AvgIpc) is 3.28. The molecule has 0 bridgehead atoms. The highest BCUT2D eigenvalue weighted by Crippen LogP contribution is 2.36. The van der Waals surface area contributed by atoms with E-state index in [9.17, 15) is 19.2 Å². The summed E-state index contributed by atoms with van der Waals surface area (Å²) >= 11 is 0. The summed E-state index contributed by atoms with van der Waals surface area (Å²) in [6, 6.07) is 5.57. The molecule has 0 spiro atoms. The van der Waals surface area contributed by atoms with Crippen molar-refractivity contribution in [3.63, 3.8) is 0 Å². The molecule has 4 rings (SSSR count). The van der Waals surface area contributed by atoms with Crippen LogP contribution in [0.5, 0.6) is 5.75 Å². The highest BCUT2D eigenvalue weighted by atomic mass is 16.6. The summed E-state index contributed by atoms with van der Waals surface area (Å²) in [5, 5.41) is 2.47. The van der Waals surface area contributed by atoms with E-state index in [0.29, 0.717) is 30.0 Å². The molecule has 3 heterocycles. The van der Waals surface area contributed by atoms with Gasteiger partial charge >= 0.3 is 12.1 Å². The second kappa shape index (κ2) is 11.0. The molecule has 2 saturated heterocycles. The molecule has 1 aromatic rings. The maximum absolute atomic E-state index is 13.2. The van der Waals surface area contributed by atoms with Gasteiger partial charge in [-0.1, -0.05) is 37.4 Å². The van der Waals surface area contributed by atoms with Crippen LogP contribution in [-0.2, 0) is 28.6 Å². The smallest absolute Gasteiger partial charge is 0.408 e. The highest BCUT2D eigenvalue weighted by Gasteiger charge is 2.55. The fourth-order valence-electron chi connectivity index (χ4n) is 4.32. The van der Waals surface area contributed by atoms with Crippen molar-refractivity contribution in [2.75, 3.05) is 38.4 Å². The lowest BCUT2D eigenvalue weighted by molar-refractivity contribution is -0.160. The Morgan fingerprint density at radius 1 is 1.16 bits per heavy atom. The third kappa shape index (κ3) is 4.92. The largest absolute Gasteiger partial charge is 0.495 e. The van der Waals surface area contributed by atoms with Crippen LogP contribution in [0.1, 0.15) is 6.42 Å². The van der Waals surface area contributed by atoms with Crippen molar-refractivity contribution in [3.8, 4) is 5.75 Å². The van der Waals surface area contributed by atoms with Gasteiger partial charge in [-0.25, -0.2) is 9.59 Å². The monoisotopic (exact) mass is 509 g/mol. The molecule has 194 valence electrons. The summed E-state index contributed by atoms with van der Waals surface area (Å²) in [5.74, 6) is -1.03. The first kappa shape index (κ1) is 25.5. The predicted molar refractivity (Wildman–Crippen MR) is 131 cm³/mol. The van der Waals surface area contributed by atoms with Crippen LogP contribution in [0.3, 0.4) is 0 Å². The Bertz CT molecular complexity index is 1200. The Morgan fingerprint density at radius 3 is 2.62 bits per heavy atom. The van der Waals surface area contributed by atoms with E-state index in [-0.39, 0.29) is 37.2 Å². The first-order valence-electron chi connectivity index (χ1n) is 11.6. The lowest BCUT2D eigenvalue weighted by Gasteiger charge is -2.49. The Labute approximate surface area is 213 Å². The van der Waals surface area contributed by atoms with Crippen LogP contribution >= 0.6 is 0 Å². The summed E-state index contributed by atoms with van der Waals surface area (Å²) in [5.41, 5.74) is 0.874. The van der Waals surface area contributed by atoms with Gasteiger partial charge < -0.3 is 29.2 Å². The van der Waals surface area contributed by atoms with Gasteiger partial charge in [0.15, 0.2) is 11.5 Å². The van der Waals surface area contributed by atoms with E-state index in [1.165, 1.54) is 30.2 Å². The summed E-state index contributed by atoms with van der Waals surface area (Å²) in [4.78, 5) is 53.9. The summed E-state index contributed by atoms with van der Waals surface area (Å²) in [6.07, 6.45) is 3.84. The number of esters is 1. The van der Waals surface area contributed by atoms with Crippen molar-refractivity contribution in [1.29, 1.82) is 0 Å². The number of benzene rings is 1. The van der Waals surface area contributed by atoms with E-state index < -0.39 is 30.1 Å². The van der Waals surface area contributed by atoms with E-state index in [1.807, 2.05) is 6.07 Å². The number of carbonyl (C=O) groups excluding carboxylic acids is 4. The third-order valence-electron chi connectivity index (χ3n) is 6.04. The molecular weight excluding hydrogens is 482 g/mol. The van der Waals surface area contributed by atoms with E-state index in [4.69, 9.17) is 18.9 Å². The lowest BCUT2D eigenvalue weighted by atomic mass is 9.92. The number of carbonyl (C=O) groups is 4. The van der Waals surface area contributed by atoms with Crippen LogP contribution in [0.2, 0.25) is 0 Å². The van der Waals surface area contributed by atoms with Crippen molar-refractivity contribution in [3.05, 3.63) is 72.7 Å². The molecule has 0 aromatic heterocycles. The minimum absolute atomic E-state index is 0.0140. The highest BCUT2D eigenvalue weighted by molar-refractivity contribution is 6.09. The number of rotatable bonds is 9. The molecule has 11 nitrogen and oxygen atoms in total. The number of anilines is 1. The number of hydrogen-bond donors (Lipinski definition) is 1. The second-order valence-electron chi connectivity index (χ2n) is 8.24. The van der Waals surface area contributed by atoms with Crippen LogP contribution in [0.15, 0.2) is 72.7 Å². The van der Waals surface area contributed by atoms with Crippen LogP contribution in [0.25, 0.3) is 0 Å². The fourth-order valence-corrected chi connectivity index (χ4v) is 4.32. The minimum atomic E-state index is -0.942. The predicted octanol–water partition coefficient (Wildman–Crippen LogP) is 1.82. The first-order chi connectivity index (χ1) is 17.9. The summed E-state index contributed by atoms with van der Waals surface area (Å²) in [6.45, 7) is 7.27. The van der Waals surface area contributed by atoms with E-state index in [2.05, 4.69) is 18.5 Å². The number of nitrogens with zero attached hydrogens (tertiary/aromatic N) is 2. The zero-order valence-electron chi connectivity index (χ0n) is 20.3. The molecule has 0 saturated carbocycles. The Kier molecular flexibility index (Phi) is 7.61. The first-order valence-corrected chi connectivity index (χ1v) is 11.6. The molecule has 3 amide bonds. The van der Waals surface area contributed by atoms with Gasteiger partial charge in [-0.15, -0.1) is 0 Å². The standard InChI is InChI=1S/C26H27N3O8/c1-4-12-35-25(32)22-20(37-15-18-21(24(31)29(18)22)27-26(33)36-13-5-2)14-16-10-11-28(23(16)30)17-8-6-7-9-19(17)34-3/h4-9,14,18,21H,1-2,10-13,15H2,3H3,(H,27,33)/t18-,21+/m1/s1. The molecule has 2 fully saturated rings. The number of amides is 3. The number of β-lactam (4-membered cyclic amide) rings is 1. The Morgan fingerprint density at radius 2 is 1.89 bits per heavy atom. The van der Waals surface area contributed by atoms with E-state index in [0.717, 1.165) is 0 Å². The van der Waals surface area contributed by atoms with Gasteiger partial charge in [0.1, 0.15) is 37.7 Å². The topological polar surface area (TPSA) is 124 Å². The van der Waals surface area contributed by atoms with Crippen molar-refractivity contribution < 1.29 is 38.1 Å². The van der Waals surface area contributed by atoms with Crippen molar-refractivity contribution in [2.45, 2.75) is 18.5 Å². The Balaban J connectivity index is 1.61. The molecule has 1 N–H and O–H groups in total. The summed E-state index contributed by atoms with van der Waals surface area (Å²) < 4.78 is 21.3. The van der Waals surface area contributed by atoms with Crippen LogP contribution < -0.4 is 15.0 Å². The maximum atomic E-state index is 13.2. The van der Waals surface area contributed by atoms with Gasteiger partial charge in [0, 0.05) is 12.1 Å². The van der Waals surface area contributed by atoms with Crippen LogP contribution in [0, 0.1) is 0 Å². The maximum Gasteiger partial charge on any atom is 0.408 e. The number of hydrogen-bond acceptors (Lipinski definition) is 8. The summed E-state index contributed by atoms with van der Waals surface area (Å²) in [7, 11) is 1.53. The Hall–Kier alpha value is -4.54. The van der Waals surface area contributed by atoms with Gasteiger partial charge in [0.05, 0.1) is 12.8 Å². The quantitative estimate of drug-likeness (QED) is 0.231.